The van der Waals surface area contributed by atoms with E-state index >= 15 is 0 Å². The molecule has 2 rings (SSSR count). The SMILES string of the molecule is CC1(NC(=O)c2ccc(CN)o2)CCC1. The standard InChI is InChI=1S/C11H16N2O2/c1-11(5-2-6-11)13-10(14)9-4-3-8(7-12)15-9/h3-4H,2,5-7,12H2,1H3,(H,13,14). The molecule has 1 heterocycles. The van der Waals surface area contributed by atoms with Crippen LogP contribution in [-0.2, 0) is 6.54 Å². The molecule has 0 spiro atoms. The summed E-state index contributed by atoms with van der Waals surface area (Å²) in [4.78, 5) is 11.7. The lowest BCUT2D eigenvalue weighted by Gasteiger charge is -2.38. The van der Waals surface area contributed by atoms with Crippen LogP contribution in [0, 0.1) is 0 Å². The summed E-state index contributed by atoms with van der Waals surface area (Å²) in [7, 11) is 0. The Balaban J connectivity index is 2.01. The zero-order valence-electron chi connectivity index (χ0n) is 8.88. The molecule has 0 aliphatic heterocycles. The van der Waals surface area contributed by atoms with Crippen LogP contribution in [0.15, 0.2) is 16.5 Å². The van der Waals surface area contributed by atoms with Gasteiger partial charge in [-0.05, 0) is 38.3 Å². The second-order valence-corrected chi connectivity index (χ2v) is 4.34. The number of nitrogens with two attached hydrogens (primary N) is 1. The molecule has 1 aromatic rings. The van der Waals surface area contributed by atoms with Gasteiger partial charge in [-0.25, -0.2) is 0 Å². The van der Waals surface area contributed by atoms with Gasteiger partial charge in [0.25, 0.3) is 5.91 Å². The van der Waals surface area contributed by atoms with Crippen LogP contribution in [0.2, 0.25) is 0 Å². The Labute approximate surface area is 88.8 Å². The minimum absolute atomic E-state index is 0.0350. The van der Waals surface area contributed by atoms with Crippen LogP contribution in [-0.4, -0.2) is 11.4 Å². The zero-order valence-corrected chi connectivity index (χ0v) is 8.88. The third kappa shape index (κ3) is 2.04. The minimum atomic E-state index is -0.142. The van der Waals surface area contributed by atoms with Crippen molar-refractivity contribution in [3.05, 3.63) is 23.7 Å². The van der Waals surface area contributed by atoms with Crippen molar-refractivity contribution in [1.29, 1.82) is 0 Å². The van der Waals surface area contributed by atoms with E-state index in [0.717, 1.165) is 12.8 Å². The van der Waals surface area contributed by atoms with Crippen molar-refractivity contribution in [1.82, 2.24) is 5.32 Å². The smallest absolute Gasteiger partial charge is 0.287 e. The molecular weight excluding hydrogens is 192 g/mol. The number of hydrogen-bond donors (Lipinski definition) is 2. The lowest BCUT2D eigenvalue weighted by Crippen LogP contribution is -2.50. The van der Waals surface area contributed by atoms with Gasteiger partial charge in [-0.2, -0.15) is 0 Å². The lowest BCUT2D eigenvalue weighted by atomic mass is 9.78. The van der Waals surface area contributed by atoms with E-state index in [1.165, 1.54) is 6.42 Å². The molecule has 0 radical (unpaired) electrons. The third-order valence-electron chi connectivity index (χ3n) is 2.96. The predicted octanol–water partition coefficient (Wildman–Crippen LogP) is 1.41. The van der Waals surface area contributed by atoms with Crippen molar-refractivity contribution in [2.45, 2.75) is 38.3 Å². The number of carbonyl (C=O) groups excluding carboxylic acids is 1. The fraction of sp³-hybridized carbons (Fsp3) is 0.545. The Kier molecular flexibility index (Phi) is 2.52. The summed E-state index contributed by atoms with van der Waals surface area (Å²) in [5.41, 5.74) is 5.37. The van der Waals surface area contributed by atoms with Gasteiger partial charge in [-0.1, -0.05) is 0 Å². The van der Waals surface area contributed by atoms with Gasteiger partial charge in [0.05, 0.1) is 6.54 Å². The van der Waals surface area contributed by atoms with Crippen LogP contribution in [0.3, 0.4) is 0 Å². The van der Waals surface area contributed by atoms with E-state index in [1.54, 1.807) is 12.1 Å². The summed E-state index contributed by atoms with van der Waals surface area (Å²) in [6.07, 6.45) is 3.27. The summed E-state index contributed by atoms with van der Waals surface area (Å²) in [6.45, 7) is 2.38. The van der Waals surface area contributed by atoms with Crippen LogP contribution < -0.4 is 11.1 Å². The number of carbonyl (C=O) groups is 1. The highest BCUT2D eigenvalue weighted by Gasteiger charge is 2.33. The highest BCUT2D eigenvalue weighted by Crippen LogP contribution is 2.31. The van der Waals surface area contributed by atoms with Gasteiger partial charge in [0, 0.05) is 5.54 Å². The molecule has 4 nitrogen and oxygen atoms in total. The molecule has 0 saturated heterocycles. The van der Waals surface area contributed by atoms with Crippen molar-refractivity contribution in [2.75, 3.05) is 0 Å². The Bertz CT molecular complexity index is 366. The van der Waals surface area contributed by atoms with Gasteiger partial charge in [-0.3, -0.25) is 4.79 Å². The number of furan rings is 1. The summed E-state index contributed by atoms with van der Waals surface area (Å²) in [5, 5.41) is 2.97. The number of amides is 1. The molecule has 0 atom stereocenters. The molecular formula is C11H16N2O2. The second kappa shape index (κ2) is 3.70. The summed E-state index contributed by atoms with van der Waals surface area (Å²) in [6, 6.07) is 3.40. The molecule has 1 fully saturated rings. The first-order chi connectivity index (χ1) is 7.13. The van der Waals surface area contributed by atoms with Gasteiger partial charge in [0.15, 0.2) is 5.76 Å². The molecule has 0 bridgehead atoms. The van der Waals surface area contributed by atoms with Crippen molar-refractivity contribution in [3.8, 4) is 0 Å². The molecule has 1 saturated carbocycles. The Hall–Kier alpha value is -1.29. The molecule has 4 heteroatoms. The summed E-state index contributed by atoms with van der Waals surface area (Å²) < 4.78 is 5.27. The van der Waals surface area contributed by atoms with E-state index in [-0.39, 0.29) is 11.4 Å². The summed E-state index contributed by atoms with van der Waals surface area (Å²) in [5.74, 6) is 0.847. The highest BCUT2D eigenvalue weighted by molar-refractivity contribution is 5.92. The lowest BCUT2D eigenvalue weighted by molar-refractivity contribution is 0.0820. The minimum Gasteiger partial charge on any atom is -0.455 e. The van der Waals surface area contributed by atoms with E-state index < -0.39 is 0 Å². The Morgan fingerprint density at radius 3 is 2.80 bits per heavy atom. The quantitative estimate of drug-likeness (QED) is 0.789. The largest absolute Gasteiger partial charge is 0.455 e. The fourth-order valence-electron chi connectivity index (χ4n) is 1.78. The van der Waals surface area contributed by atoms with Gasteiger partial charge in [0.2, 0.25) is 0 Å². The van der Waals surface area contributed by atoms with Crippen LogP contribution >= 0.6 is 0 Å². The molecule has 1 amide bonds. The van der Waals surface area contributed by atoms with Gasteiger partial charge >= 0.3 is 0 Å². The molecule has 0 unspecified atom stereocenters. The third-order valence-corrected chi connectivity index (χ3v) is 2.96. The van der Waals surface area contributed by atoms with Crippen LogP contribution in [0.4, 0.5) is 0 Å². The molecule has 1 aromatic heterocycles. The molecule has 15 heavy (non-hydrogen) atoms. The van der Waals surface area contributed by atoms with Gasteiger partial charge in [-0.15, -0.1) is 0 Å². The molecule has 82 valence electrons. The predicted molar refractivity (Wildman–Crippen MR) is 56.3 cm³/mol. The maximum Gasteiger partial charge on any atom is 0.287 e. The average Bonchev–Trinajstić information content (AvgIpc) is 2.63. The number of hydrogen-bond acceptors (Lipinski definition) is 3. The van der Waals surface area contributed by atoms with E-state index in [0.29, 0.717) is 18.1 Å². The number of nitrogens with one attached hydrogen (secondary N) is 1. The van der Waals surface area contributed by atoms with Crippen LogP contribution in [0.25, 0.3) is 0 Å². The van der Waals surface area contributed by atoms with Crippen molar-refractivity contribution in [2.24, 2.45) is 5.73 Å². The fourth-order valence-corrected chi connectivity index (χ4v) is 1.78. The van der Waals surface area contributed by atoms with Crippen molar-refractivity contribution < 1.29 is 9.21 Å². The normalized spacial score (nSPS) is 18.3. The molecule has 1 aliphatic carbocycles. The van der Waals surface area contributed by atoms with E-state index in [4.69, 9.17) is 10.2 Å². The van der Waals surface area contributed by atoms with E-state index in [9.17, 15) is 4.79 Å². The van der Waals surface area contributed by atoms with Gasteiger partial charge < -0.3 is 15.5 Å². The van der Waals surface area contributed by atoms with Crippen molar-refractivity contribution in [3.63, 3.8) is 0 Å². The van der Waals surface area contributed by atoms with Crippen LogP contribution in [0.5, 0.6) is 0 Å². The monoisotopic (exact) mass is 208 g/mol. The first kappa shape index (κ1) is 10.2. The molecule has 3 N–H and O–H groups in total. The topological polar surface area (TPSA) is 68.3 Å². The van der Waals surface area contributed by atoms with E-state index in [1.807, 2.05) is 0 Å². The molecule has 1 aliphatic rings. The maximum atomic E-state index is 11.7. The summed E-state index contributed by atoms with van der Waals surface area (Å²) >= 11 is 0. The number of rotatable bonds is 3. The highest BCUT2D eigenvalue weighted by atomic mass is 16.4. The average molecular weight is 208 g/mol. The Morgan fingerprint density at radius 1 is 1.60 bits per heavy atom. The van der Waals surface area contributed by atoms with Gasteiger partial charge in [0.1, 0.15) is 5.76 Å². The first-order valence-corrected chi connectivity index (χ1v) is 5.24. The van der Waals surface area contributed by atoms with E-state index in [2.05, 4.69) is 12.2 Å². The first-order valence-electron chi connectivity index (χ1n) is 5.24. The maximum absolute atomic E-state index is 11.7. The van der Waals surface area contributed by atoms with Crippen molar-refractivity contribution >= 4 is 5.91 Å². The Morgan fingerprint density at radius 2 is 2.33 bits per heavy atom. The molecule has 0 aromatic carbocycles. The van der Waals surface area contributed by atoms with Crippen LogP contribution in [0.1, 0.15) is 42.5 Å². The second-order valence-electron chi connectivity index (χ2n) is 4.34. The zero-order chi connectivity index (χ0) is 10.9.